The Morgan fingerprint density at radius 2 is 0.977 bits per heavy atom. The predicted octanol–water partition coefficient (Wildman–Crippen LogP) is 9.77. The molecule has 0 radical (unpaired) electrons. The second-order valence-corrected chi connectivity index (χ2v) is 19.7. The second-order valence-electron chi connectivity index (χ2n) is 11.8. The standard InChI is InChI=1S/C32H40N9P3/c1-25-5-13-29(14-6-25)33-42(34-30-15-7-26(2)8-16-30)37-43(40-21-22-40,35-31-17-9-27(3)10-18-31)39-44(38-42,41-23-24-41)36-32-19-11-28(4)12-20-32/h5-20,33,35,38-39H,21-24H2,1-4H3. The molecule has 3 unspecified atom stereocenters. The fraction of sp³-hybridized carbons (Fsp3) is 0.250. The van der Waals surface area contributed by atoms with Gasteiger partial charge in [0.25, 0.3) is 0 Å². The van der Waals surface area contributed by atoms with Gasteiger partial charge in [-0.1, -0.05) is 70.8 Å². The lowest BCUT2D eigenvalue weighted by Crippen LogP contribution is -2.33. The molecule has 9 nitrogen and oxygen atoms in total. The number of anilines is 2. The van der Waals surface area contributed by atoms with Crippen molar-refractivity contribution in [1.29, 1.82) is 0 Å². The van der Waals surface area contributed by atoms with Crippen molar-refractivity contribution < 1.29 is 0 Å². The first-order valence-corrected chi connectivity index (χ1v) is 20.1. The van der Waals surface area contributed by atoms with E-state index in [-0.39, 0.29) is 0 Å². The maximum atomic E-state index is 5.80. The van der Waals surface area contributed by atoms with Crippen molar-refractivity contribution in [3.63, 3.8) is 0 Å². The molecule has 7 rings (SSSR count). The summed E-state index contributed by atoms with van der Waals surface area (Å²) in [6, 6.07) is 34.0. The molecule has 0 aliphatic carbocycles. The zero-order valence-electron chi connectivity index (χ0n) is 25.6. The average Bonchev–Trinajstić information content (AvgIpc) is 3.91. The summed E-state index contributed by atoms with van der Waals surface area (Å²) in [4.78, 5) is 8.17. The molecular formula is C32H40N9P3. The van der Waals surface area contributed by atoms with E-state index in [0.29, 0.717) is 0 Å². The number of hydrogen-bond acceptors (Lipinski definition) is 4. The Bertz CT molecular complexity index is 1830. The molecule has 0 aromatic heterocycles. The van der Waals surface area contributed by atoms with Crippen molar-refractivity contribution >= 4 is 45.3 Å². The first-order valence-electron chi connectivity index (χ1n) is 15.0. The van der Waals surface area contributed by atoms with Gasteiger partial charge in [0.05, 0.1) is 11.4 Å². The normalized spacial score (nSPS) is 26.4. The fourth-order valence-electron chi connectivity index (χ4n) is 5.07. The number of nitrogens with zero attached hydrogens (tertiary/aromatic N) is 5. The zero-order chi connectivity index (χ0) is 30.4. The molecule has 228 valence electrons. The smallest absolute Gasteiger partial charge is 0.245 e. The van der Waals surface area contributed by atoms with Crippen molar-refractivity contribution in [2.45, 2.75) is 27.7 Å². The molecule has 2 fully saturated rings. The summed E-state index contributed by atoms with van der Waals surface area (Å²) in [6.45, 7) is 12.3. The van der Waals surface area contributed by atoms with Gasteiger partial charge in [-0.3, -0.25) is 0 Å². The van der Waals surface area contributed by atoms with Crippen LogP contribution in [0.5, 0.6) is 0 Å². The van der Waals surface area contributed by atoms with Crippen molar-refractivity contribution in [1.82, 2.24) is 19.1 Å². The van der Waals surface area contributed by atoms with Gasteiger partial charge in [0.2, 0.25) is 15.0 Å². The third-order valence-electron chi connectivity index (χ3n) is 7.74. The van der Waals surface area contributed by atoms with Gasteiger partial charge in [0, 0.05) is 37.6 Å². The molecule has 0 saturated carbocycles. The Hall–Kier alpha value is -2.99. The van der Waals surface area contributed by atoms with Crippen LogP contribution in [0.2, 0.25) is 0 Å². The van der Waals surface area contributed by atoms with Crippen LogP contribution < -0.4 is 19.9 Å². The van der Waals surface area contributed by atoms with Crippen LogP contribution in [-0.4, -0.2) is 35.5 Å². The third kappa shape index (κ3) is 6.51. The lowest BCUT2D eigenvalue weighted by Gasteiger charge is -2.44. The highest BCUT2D eigenvalue weighted by Crippen LogP contribution is 2.77. The highest BCUT2D eigenvalue weighted by molar-refractivity contribution is 7.90. The summed E-state index contributed by atoms with van der Waals surface area (Å²) in [7, 11) is -8.04. The van der Waals surface area contributed by atoms with Crippen LogP contribution in [0.25, 0.3) is 0 Å². The minimum atomic E-state index is -2.88. The van der Waals surface area contributed by atoms with E-state index in [1.807, 2.05) is 0 Å². The van der Waals surface area contributed by atoms with Gasteiger partial charge in [-0.2, -0.15) is 14.2 Å². The van der Waals surface area contributed by atoms with Crippen LogP contribution >= 0.6 is 22.5 Å². The third-order valence-corrected chi connectivity index (χ3v) is 18.9. The van der Waals surface area contributed by atoms with Crippen molar-refractivity contribution in [3.05, 3.63) is 119 Å². The van der Waals surface area contributed by atoms with Gasteiger partial charge in [0.15, 0.2) is 7.51 Å². The summed E-state index contributed by atoms with van der Waals surface area (Å²) < 4.78 is 21.8. The first kappa shape index (κ1) is 29.7. The van der Waals surface area contributed by atoms with E-state index in [9.17, 15) is 0 Å². The number of hydrogen-bond donors (Lipinski definition) is 4. The van der Waals surface area contributed by atoms with Gasteiger partial charge in [-0.25, -0.2) is 18.8 Å². The molecule has 4 N–H and O–H groups in total. The highest BCUT2D eigenvalue weighted by Gasteiger charge is 2.52. The van der Waals surface area contributed by atoms with Crippen LogP contribution in [0, 0.1) is 27.7 Å². The monoisotopic (exact) mass is 643 g/mol. The average molecular weight is 644 g/mol. The molecule has 0 spiro atoms. The number of rotatable bonds is 8. The van der Waals surface area contributed by atoms with Gasteiger partial charge in [-0.05, 0) is 76.2 Å². The van der Waals surface area contributed by atoms with Gasteiger partial charge >= 0.3 is 0 Å². The Morgan fingerprint density at radius 1 is 0.545 bits per heavy atom. The number of nitrogens with one attached hydrogen (secondary N) is 4. The molecule has 3 atom stereocenters. The summed E-state index contributed by atoms with van der Waals surface area (Å²) in [6.07, 6.45) is 0. The van der Waals surface area contributed by atoms with Crippen molar-refractivity contribution in [2.24, 2.45) is 14.0 Å². The Morgan fingerprint density at radius 3 is 1.45 bits per heavy atom. The molecular weight excluding hydrogens is 603 g/mol. The molecule has 0 bridgehead atoms. The quantitative estimate of drug-likeness (QED) is 0.113. The van der Waals surface area contributed by atoms with E-state index in [1.54, 1.807) is 0 Å². The van der Waals surface area contributed by atoms with Crippen LogP contribution in [0.1, 0.15) is 22.3 Å². The number of aryl methyl sites for hydroxylation is 4. The summed E-state index contributed by atoms with van der Waals surface area (Å²) in [5, 5.41) is 7.83. The molecule has 4 aromatic rings. The van der Waals surface area contributed by atoms with Gasteiger partial charge in [-0.15, -0.1) is 0 Å². The SMILES string of the molecule is Cc1ccc(N=P2(Nc3ccc(C)cc3)N=P(Nc3ccc(C)cc3)(N3CC3)NP(=Nc3ccc(C)cc3)(N3CC3)N2)cc1. The topological polar surface area (TPSA) is 91.2 Å². The maximum absolute atomic E-state index is 5.80. The van der Waals surface area contributed by atoms with Crippen molar-refractivity contribution in [3.8, 4) is 0 Å². The molecule has 4 aromatic carbocycles. The largest absolute Gasteiger partial charge is 0.328 e. The van der Waals surface area contributed by atoms with Crippen LogP contribution in [0.4, 0.5) is 22.7 Å². The first-order chi connectivity index (χ1) is 21.2. The minimum Gasteiger partial charge on any atom is -0.328 e. The number of benzene rings is 4. The zero-order valence-corrected chi connectivity index (χ0v) is 28.3. The Balaban J connectivity index is 1.50. The van der Waals surface area contributed by atoms with E-state index in [1.165, 1.54) is 22.3 Å². The van der Waals surface area contributed by atoms with Crippen LogP contribution in [-0.2, 0) is 0 Å². The lowest BCUT2D eigenvalue weighted by molar-refractivity contribution is 0.850. The molecule has 3 aliphatic rings. The molecule has 12 heteroatoms. The van der Waals surface area contributed by atoms with E-state index in [0.717, 1.165) is 48.9 Å². The molecule has 2 saturated heterocycles. The molecule has 3 aliphatic heterocycles. The van der Waals surface area contributed by atoms with Crippen LogP contribution in [0.15, 0.2) is 111 Å². The maximum Gasteiger partial charge on any atom is 0.245 e. The summed E-state index contributed by atoms with van der Waals surface area (Å²) >= 11 is 0. The van der Waals surface area contributed by atoms with Gasteiger partial charge < -0.3 is 10.2 Å². The Labute approximate surface area is 261 Å². The fourth-order valence-corrected chi connectivity index (χ4v) is 18.3. The summed E-state index contributed by atoms with van der Waals surface area (Å²) in [5.41, 5.74) is 8.70. The second kappa shape index (κ2) is 11.7. The Kier molecular flexibility index (Phi) is 7.93. The van der Waals surface area contributed by atoms with Crippen molar-refractivity contribution in [2.75, 3.05) is 36.4 Å². The summed E-state index contributed by atoms with van der Waals surface area (Å²) in [5.74, 6) is 0. The molecule has 44 heavy (non-hydrogen) atoms. The predicted molar refractivity (Wildman–Crippen MR) is 189 cm³/mol. The van der Waals surface area contributed by atoms with Crippen LogP contribution in [0.3, 0.4) is 0 Å². The highest BCUT2D eigenvalue weighted by atomic mass is 31.3. The van der Waals surface area contributed by atoms with E-state index >= 15 is 0 Å². The van der Waals surface area contributed by atoms with E-state index in [2.05, 4.69) is 154 Å². The lowest BCUT2D eigenvalue weighted by atomic mass is 10.2. The van der Waals surface area contributed by atoms with Gasteiger partial charge in [0.1, 0.15) is 0 Å². The minimum absolute atomic E-state index is 0.889. The van der Waals surface area contributed by atoms with E-state index < -0.39 is 22.5 Å². The molecule has 3 heterocycles. The molecule has 0 amide bonds. The van der Waals surface area contributed by atoms with E-state index in [4.69, 9.17) is 14.0 Å².